The van der Waals surface area contributed by atoms with Crippen LogP contribution in [0.5, 0.6) is 11.8 Å². The van der Waals surface area contributed by atoms with E-state index in [1.54, 1.807) is 0 Å². The highest BCUT2D eigenvalue weighted by atomic mass is 32.2. The lowest BCUT2D eigenvalue weighted by atomic mass is 10.2. The number of ether oxygens (including phenoxy) is 2. The monoisotopic (exact) mass is 479 g/mol. The molecule has 13 nitrogen and oxygen atoms in total. The molecule has 0 spiro atoms. The molecule has 180 valence electrons. The van der Waals surface area contributed by atoms with Crippen molar-refractivity contribution < 1.29 is 19.4 Å². The molecule has 33 heavy (non-hydrogen) atoms. The number of hydrogen-bond acceptors (Lipinski definition) is 12. The summed E-state index contributed by atoms with van der Waals surface area (Å²) < 4.78 is 11.0. The van der Waals surface area contributed by atoms with Crippen LogP contribution < -0.4 is 31.2 Å². The summed E-state index contributed by atoms with van der Waals surface area (Å²) in [5.74, 6) is 1.74. The number of methoxy groups -OCH3 is 2. The molecule has 1 aliphatic heterocycles. The number of rotatable bonds is 10. The van der Waals surface area contributed by atoms with Crippen LogP contribution in [0.15, 0.2) is 16.1 Å². The highest BCUT2D eigenvalue weighted by molar-refractivity contribution is 7.99. The first-order valence-electron chi connectivity index (χ1n) is 10.4. The number of nitrogens with one attached hydrogen (secondary N) is 1. The van der Waals surface area contributed by atoms with E-state index in [2.05, 4.69) is 35.1 Å². The zero-order valence-electron chi connectivity index (χ0n) is 18.7. The van der Waals surface area contributed by atoms with Crippen LogP contribution in [0.25, 0.3) is 0 Å². The van der Waals surface area contributed by atoms with Gasteiger partial charge in [-0.25, -0.2) is 14.8 Å². The van der Waals surface area contributed by atoms with E-state index in [-0.39, 0.29) is 11.6 Å². The van der Waals surface area contributed by atoms with Gasteiger partial charge in [-0.2, -0.15) is 9.97 Å². The standard InChI is InChI=1S/C19H29N9O4S/c1-31-15-14(33-18-23-12(20)11-13(21)24-18)16(32-2)26-17(25-15)28-9-7-27(8-10-28)6-4-3-5-22-19(29)30/h11,22H,3-10H2,1-2H3,(H,29,30)(H4,20,21,23,24). The second-order valence-corrected chi connectivity index (χ2v) is 8.22. The zero-order chi connectivity index (χ0) is 23.8. The number of hydrogen-bond donors (Lipinski definition) is 4. The van der Waals surface area contributed by atoms with E-state index >= 15 is 0 Å². The van der Waals surface area contributed by atoms with Gasteiger partial charge in [0.15, 0.2) is 5.16 Å². The van der Waals surface area contributed by atoms with E-state index in [0.717, 1.165) is 57.3 Å². The normalized spacial score (nSPS) is 14.2. The fraction of sp³-hybridized carbons (Fsp3) is 0.526. The molecule has 6 N–H and O–H groups in total. The molecule has 1 amide bonds. The van der Waals surface area contributed by atoms with Crippen LogP contribution in [-0.4, -0.2) is 89.5 Å². The fourth-order valence-electron chi connectivity index (χ4n) is 3.33. The van der Waals surface area contributed by atoms with Crippen LogP contribution >= 0.6 is 11.8 Å². The summed E-state index contributed by atoms with van der Waals surface area (Å²) in [4.78, 5) is 33.0. The molecule has 1 fully saturated rings. The molecule has 14 heteroatoms. The minimum Gasteiger partial charge on any atom is -0.480 e. The maximum Gasteiger partial charge on any atom is 0.404 e. The van der Waals surface area contributed by atoms with Gasteiger partial charge in [-0.15, -0.1) is 0 Å². The molecule has 0 bridgehead atoms. The van der Waals surface area contributed by atoms with Crippen LogP contribution in [-0.2, 0) is 0 Å². The van der Waals surface area contributed by atoms with Gasteiger partial charge in [-0.05, 0) is 31.1 Å². The Labute approximate surface area is 195 Å². The Morgan fingerprint density at radius 2 is 1.67 bits per heavy atom. The van der Waals surface area contributed by atoms with Crippen LogP contribution in [0.1, 0.15) is 12.8 Å². The van der Waals surface area contributed by atoms with Gasteiger partial charge in [-0.3, -0.25) is 4.90 Å². The third-order valence-corrected chi connectivity index (χ3v) is 5.87. The fourth-order valence-corrected chi connectivity index (χ4v) is 4.25. The molecule has 0 radical (unpaired) electrons. The topological polar surface area (TPSA) is 178 Å². The van der Waals surface area contributed by atoms with Gasteiger partial charge in [0.2, 0.25) is 17.7 Å². The van der Waals surface area contributed by atoms with Gasteiger partial charge in [0.05, 0.1) is 14.2 Å². The van der Waals surface area contributed by atoms with Crippen molar-refractivity contribution in [2.24, 2.45) is 0 Å². The van der Waals surface area contributed by atoms with E-state index < -0.39 is 6.09 Å². The Balaban J connectivity index is 1.64. The minimum atomic E-state index is -0.983. The smallest absolute Gasteiger partial charge is 0.404 e. The van der Waals surface area contributed by atoms with Crippen molar-refractivity contribution in [1.29, 1.82) is 0 Å². The lowest BCUT2D eigenvalue weighted by Gasteiger charge is -2.35. The van der Waals surface area contributed by atoms with E-state index in [1.165, 1.54) is 20.3 Å². The number of amides is 1. The van der Waals surface area contributed by atoms with Gasteiger partial charge >= 0.3 is 6.09 Å². The highest BCUT2D eigenvalue weighted by Crippen LogP contribution is 2.40. The maximum atomic E-state index is 10.5. The predicted molar refractivity (Wildman–Crippen MR) is 124 cm³/mol. The van der Waals surface area contributed by atoms with E-state index in [4.69, 9.17) is 26.0 Å². The second kappa shape index (κ2) is 11.6. The molecule has 0 atom stereocenters. The molecular formula is C19H29N9O4S. The number of nitrogen functional groups attached to an aromatic ring is 2. The zero-order valence-corrected chi connectivity index (χ0v) is 19.5. The van der Waals surface area contributed by atoms with Crippen molar-refractivity contribution in [2.75, 3.05) is 69.9 Å². The first-order valence-corrected chi connectivity index (χ1v) is 11.2. The number of aromatic nitrogens is 4. The van der Waals surface area contributed by atoms with Crippen molar-refractivity contribution in [2.45, 2.75) is 22.9 Å². The highest BCUT2D eigenvalue weighted by Gasteiger charge is 2.24. The molecule has 3 rings (SSSR count). The first-order chi connectivity index (χ1) is 15.9. The molecule has 0 aromatic carbocycles. The molecule has 1 aliphatic rings. The number of nitrogens with zero attached hydrogens (tertiary/aromatic N) is 6. The number of nitrogens with two attached hydrogens (primary N) is 2. The van der Waals surface area contributed by atoms with Gasteiger partial charge in [0, 0.05) is 38.8 Å². The van der Waals surface area contributed by atoms with Crippen LogP contribution in [0, 0.1) is 0 Å². The Bertz CT molecular complexity index is 912. The molecule has 2 aromatic heterocycles. The third kappa shape index (κ3) is 6.86. The van der Waals surface area contributed by atoms with Gasteiger partial charge in [0.25, 0.3) is 0 Å². The van der Waals surface area contributed by atoms with Crippen molar-refractivity contribution >= 4 is 35.4 Å². The number of anilines is 3. The lowest BCUT2D eigenvalue weighted by Crippen LogP contribution is -2.47. The van der Waals surface area contributed by atoms with Gasteiger partial charge < -0.3 is 36.3 Å². The molecule has 0 aliphatic carbocycles. The Morgan fingerprint density at radius 3 is 2.21 bits per heavy atom. The summed E-state index contributed by atoms with van der Waals surface area (Å²) in [5.41, 5.74) is 11.5. The SMILES string of the molecule is COc1nc(N2CCN(CCCCNC(=O)O)CC2)nc(OC)c1Sc1nc(N)cc(N)n1. The summed E-state index contributed by atoms with van der Waals surface area (Å²) in [5, 5.41) is 11.3. The van der Waals surface area contributed by atoms with Crippen LogP contribution in [0.3, 0.4) is 0 Å². The minimum absolute atomic E-state index is 0.261. The number of unbranched alkanes of at least 4 members (excludes halogenated alkanes) is 1. The Kier molecular flexibility index (Phi) is 8.54. The lowest BCUT2D eigenvalue weighted by molar-refractivity contribution is 0.193. The average Bonchev–Trinajstić information content (AvgIpc) is 2.78. The van der Waals surface area contributed by atoms with E-state index in [9.17, 15) is 4.79 Å². The third-order valence-electron chi connectivity index (χ3n) is 4.95. The maximum absolute atomic E-state index is 10.5. The molecule has 3 heterocycles. The first kappa shape index (κ1) is 24.4. The summed E-state index contributed by atoms with van der Waals surface area (Å²) in [7, 11) is 3.06. The van der Waals surface area contributed by atoms with E-state index in [0.29, 0.717) is 34.3 Å². The second-order valence-electron chi connectivity index (χ2n) is 7.24. The van der Waals surface area contributed by atoms with Crippen molar-refractivity contribution in [3.8, 4) is 11.8 Å². The van der Waals surface area contributed by atoms with Crippen molar-refractivity contribution in [3.05, 3.63) is 6.07 Å². The molecule has 0 saturated carbocycles. The summed E-state index contributed by atoms with van der Waals surface area (Å²) in [6.07, 6.45) is 0.760. The Morgan fingerprint density at radius 1 is 1.06 bits per heavy atom. The molecule has 1 saturated heterocycles. The van der Waals surface area contributed by atoms with Gasteiger partial charge in [-0.1, -0.05) is 0 Å². The van der Waals surface area contributed by atoms with Gasteiger partial charge in [0.1, 0.15) is 16.5 Å². The molecule has 2 aromatic rings. The largest absolute Gasteiger partial charge is 0.480 e. The number of carbonyl (C=O) groups is 1. The van der Waals surface area contributed by atoms with Crippen molar-refractivity contribution in [1.82, 2.24) is 30.2 Å². The molecule has 0 unspecified atom stereocenters. The summed E-state index contributed by atoms with van der Waals surface area (Å²) in [6, 6.07) is 1.48. The summed E-state index contributed by atoms with van der Waals surface area (Å²) in [6.45, 7) is 4.60. The van der Waals surface area contributed by atoms with Crippen LogP contribution in [0.2, 0.25) is 0 Å². The van der Waals surface area contributed by atoms with Crippen LogP contribution in [0.4, 0.5) is 22.4 Å². The average molecular weight is 480 g/mol. The number of piperazine rings is 1. The number of carboxylic acid groups (broad SMARTS) is 1. The quantitative estimate of drug-likeness (QED) is 0.278. The summed E-state index contributed by atoms with van der Waals surface area (Å²) >= 11 is 1.16. The van der Waals surface area contributed by atoms with E-state index in [1.807, 2.05) is 0 Å². The molecular weight excluding hydrogens is 450 g/mol. The Hall–Kier alpha value is -3.26. The predicted octanol–water partition coefficient (Wildman–Crippen LogP) is 0.769. The van der Waals surface area contributed by atoms with Crippen molar-refractivity contribution in [3.63, 3.8) is 0 Å².